The lowest BCUT2D eigenvalue weighted by Crippen LogP contribution is -2.52. The number of methoxy groups -OCH3 is 1. The molecule has 0 aromatic heterocycles. The number of urea groups is 1. The summed E-state index contributed by atoms with van der Waals surface area (Å²) in [7, 11) is 1.55. The van der Waals surface area contributed by atoms with Crippen molar-refractivity contribution in [2.75, 3.05) is 23.9 Å². The van der Waals surface area contributed by atoms with Crippen LogP contribution in [0, 0.1) is 5.92 Å². The van der Waals surface area contributed by atoms with Crippen molar-refractivity contribution < 1.29 is 14.3 Å². The van der Waals surface area contributed by atoms with E-state index in [-0.39, 0.29) is 11.8 Å². The zero-order valence-corrected chi connectivity index (χ0v) is 15.9. The van der Waals surface area contributed by atoms with Crippen LogP contribution in [0.15, 0.2) is 48.5 Å². The predicted octanol–water partition coefficient (Wildman–Crippen LogP) is 3.43. The highest BCUT2D eigenvalue weighted by Gasteiger charge is 2.32. The fourth-order valence-corrected chi connectivity index (χ4v) is 3.30. The van der Waals surface area contributed by atoms with Crippen LogP contribution in [0.2, 0.25) is 0 Å². The molecule has 1 unspecified atom stereocenters. The Morgan fingerprint density at radius 3 is 2.52 bits per heavy atom. The van der Waals surface area contributed by atoms with Gasteiger partial charge in [0.1, 0.15) is 11.8 Å². The van der Waals surface area contributed by atoms with Gasteiger partial charge in [-0.15, -0.1) is 0 Å². The van der Waals surface area contributed by atoms with Crippen molar-refractivity contribution in [2.24, 2.45) is 5.92 Å². The van der Waals surface area contributed by atoms with Crippen molar-refractivity contribution in [3.8, 4) is 5.75 Å². The topological polar surface area (TPSA) is 70.7 Å². The van der Waals surface area contributed by atoms with E-state index < -0.39 is 12.1 Å². The quantitative estimate of drug-likeness (QED) is 0.851. The second-order valence-corrected chi connectivity index (χ2v) is 6.89. The van der Waals surface area contributed by atoms with Gasteiger partial charge in [-0.2, -0.15) is 0 Å². The van der Waals surface area contributed by atoms with Gasteiger partial charge in [-0.3, -0.25) is 4.79 Å². The number of nitrogens with zero attached hydrogens (tertiary/aromatic N) is 1. The number of carbonyl (C=O) groups excluding carboxylic acids is 2. The molecule has 0 bridgehead atoms. The van der Waals surface area contributed by atoms with Crippen LogP contribution < -0.4 is 20.3 Å². The number of carbonyl (C=O) groups is 2. The summed E-state index contributed by atoms with van der Waals surface area (Å²) < 4.78 is 5.25. The maximum absolute atomic E-state index is 13.1. The van der Waals surface area contributed by atoms with Gasteiger partial charge in [-0.1, -0.05) is 44.2 Å². The lowest BCUT2D eigenvalue weighted by Gasteiger charge is -2.27. The van der Waals surface area contributed by atoms with E-state index in [1.54, 1.807) is 24.1 Å². The Bertz CT molecular complexity index is 835. The Kier molecular flexibility index (Phi) is 5.64. The SMILES string of the molecule is COc1ccccc1NC(=O)NC(C(=O)N1CCc2ccccc21)C(C)C. The minimum Gasteiger partial charge on any atom is -0.495 e. The summed E-state index contributed by atoms with van der Waals surface area (Å²) in [4.78, 5) is 27.4. The molecule has 1 aliphatic rings. The summed E-state index contributed by atoms with van der Waals surface area (Å²) in [5.41, 5.74) is 2.64. The molecule has 3 amide bonds. The van der Waals surface area contributed by atoms with E-state index in [1.165, 1.54) is 0 Å². The number of ether oxygens (including phenoxy) is 1. The van der Waals surface area contributed by atoms with Crippen LogP contribution in [-0.4, -0.2) is 31.6 Å². The van der Waals surface area contributed by atoms with E-state index in [1.807, 2.05) is 50.2 Å². The van der Waals surface area contributed by atoms with Gasteiger partial charge in [0, 0.05) is 12.2 Å². The van der Waals surface area contributed by atoms with Crippen molar-refractivity contribution in [3.63, 3.8) is 0 Å². The number of anilines is 2. The summed E-state index contributed by atoms with van der Waals surface area (Å²) in [6.45, 7) is 4.49. The van der Waals surface area contributed by atoms with Gasteiger partial charge in [-0.25, -0.2) is 4.79 Å². The second kappa shape index (κ2) is 8.12. The second-order valence-electron chi connectivity index (χ2n) is 6.89. The van der Waals surface area contributed by atoms with Crippen molar-refractivity contribution >= 4 is 23.3 Å². The molecule has 6 heteroatoms. The number of rotatable bonds is 5. The molecule has 2 aromatic carbocycles. The minimum atomic E-state index is -0.620. The average Bonchev–Trinajstić information content (AvgIpc) is 3.10. The maximum Gasteiger partial charge on any atom is 0.320 e. The van der Waals surface area contributed by atoms with E-state index >= 15 is 0 Å². The molecule has 0 aliphatic carbocycles. The summed E-state index contributed by atoms with van der Waals surface area (Å²) in [6, 6.07) is 14.0. The Morgan fingerprint density at radius 2 is 1.78 bits per heavy atom. The molecule has 1 aliphatic heterocycles. The molecule has 142 valence electrons. The van der Waals surface area contributed by atoms with Gasteiger partial charge in [0.2, 0.25) is 5.91 Å². The summed E-state index contributed by atoms with van der Waals surface area (Å²) in [6.07, 6.45) is 0.833. The van der Waals surface area contributed by atoms with E-state index in [0.29, 0.717) is 18.0 Å². The summed E-state index contributed by atoms with van der Waals surface area (Å²) in [5, 5.41) is 5.59. The maximum atomic E-state index is 13.1. The van der Waals surface area contributed by atoms with Crippen LogP contribution in [0.25, 0.3) is 0 Å². The highest BCUT2D eigenvalue weighted by atomic mass is 16.5. The molecule has 2 aromatic rings. The molecule has 0 fully saturated rings. The van der Waals surface area contributed by atoms with Gasteiger partial charge in [0.15, 0.2) is 0 Å². The Labute approximate surface area is 159 Å². The molecular formula is C21H25N3O3. The van der Waals surface area contributed by atoms with E-state index in [2.05, 4.69) is 10.6 Å². The normalized spacial score (nSPS) is 13.9. The van der Waals surface area contributed by atoms with Gasteiger partial charge in [-0.05, 0) is 36.1 Å². The van der Waals surface area contributed by atoms with Crippen molar-refractivity contribution in [1.29, 1.82) is 0 Å². The first kappa shape index (κ1) is 18.8. The molecule has 0 saturated carbocycles. The first-order valence-corrected chi connectivity index (χ1v) is 9.11. The number of nitrogens with one attached hydrogen (secondary N) is 2. The van der Waals surface area contributed by atoms with Crippen LogP contribution in [0.3, 0.4) is 0 Å². The van der Waals surface area contributed by atoms with Crippen LogP contribution in [0.4, 0.5) is 16.2 Å². The smallest absolute Gasteiger partial charge is 0.320 e. The molecular weight excluding hydrogens is 342 g/mol. The molecule has 1 atom stereocenters. The Balaban J connectivity index is 1.72. The highest BCUT2D eigenvalue weighted by Crippen LogP contribution is 2.29. The summed E-state index contributed by atoms with van der Waals surface area (Å²) in [5.74, 6) is 0.423. The van der Waals surface area contributed by atoms with Gasteiger partial charge in [0.05, 0.1) is 12.8 Å². The van der Waals surface area contributed by atoms with Crippen LogP contribution in [-0.2, 0) is 11.2 Å². The van der Waals surface area contributed by atoms with Gasteiger partial charge < -0.3 is 20.3 Å². The number of benzene rings is 2. The lowest BCUT2D eigenvalue weighted by molar-refractivity contribution is -0.121. The van der Waals surface area contributed by atoms with Crippen LogP contribution in [0.5, 0.6) is 5.75 Å². The number of amides is 3. The fourth-order valence-electron chi connectivity index (χ4n) is 3.30. The van der Waals surface area contributed by atoms with E-state index in [9.17, 15) is 9.59 Å². The molecule has 0 spiro atoms. The first-order chi connectivity index (χ1) is 13.0. The third-order valence-corrected chi connectivity index (χ3v) is 4.73. The number of hydrogen-bond acceptors (Lipinski definition) is 3. The van der Waals surface area contributed by atoms with Crippen LogP contribution in [0.1, 0.15) is 19.4 Å². The third kappa shape index (κ3) is 4.05. The molecule has 1 heterocycles. The van der Waals surface area contributed by atoms with Crippen molar-refractivity contribution in [3.05, 3.63) is 54.1 Å². The first-order valence-electron chi connectivity index (χ1n) is 9.11. The van der Waals surface area contributed by atoms with Gasteiger partial charge >= 0.3 is 6.03 Å². The molecule has 0 saturated heterocycles. The molecule has 6 nitrogen and oxygen atoms in total. The van der Waals surface area contributed by atoms with Crippen molar-refractivity contribution in [1.82, 2.24) is 5.32 Å². The largest absolute Gasteiger partial charge is 0.495 e. The van der Waals surface area contributed by atoms with Gasteiger partial charge in [0.25, 0.3) is 0 Å². The number of para-hydroxylation sites is 3. The number of hydrogen-bond donors (Lipinski definition) is 2. The Hall–Kier alpha value is -3.02. The molecule has 27 heavy (non-hydrogen) atoms. The zero-order chi connectivity index (χ0) is 19.4. The average molecular weight is 367 g/mol. The zero-order valence-electron chi connectivity index (χ0n) is 15.9. The molecule has 3 rings (SSSR count). The minimum absolute atomic E-state index is 0.0475. The standard InChI is InChI=1S/C21H25N3O3/c1-14(2)19(20(25)24-13-12-15-8-4-6-10-17(15)24)23-21(26)22-16-9-5-7-11-18(16)27-3/h4-11,14,19H,12-13H2,1-3H3,(H2,22,23,26). The molecule has 0 radical (unpaired) electrons. The predicted molar refractivity (Wildman–Crippen MR) is 106 cm³/mol. The number of fused-ring (bicyclic) bond motifs is 1. The monoisotopic (exact) mass is 367 g/mol. The van der Waals surface area contributed by atoms with E-state index in [0.717, 1.165) is 17.7 Å². The Morgan fingerprint density at radius 1 is 1.07 bits per heavy atom. The fraction of sp³-hybridized carbons (Fsp3) is 0.333. The third-order valence-electron chi connectivity index (χ3n) is 4.73. The van der Waals surface area contributed by atoms with Crippen molar-refractivity contribution in [2.45, 2.75) is 26.3 Å². The summed E-state index contributed by atoms with van der Waals surface area (Å²) >= 11 is 0. The van der Waals surface area contributed by atoms with Crippen LogP contribution >= 0.6 is 0 Å². The highest BCUT2D eigenvalue weighted by molar-refractivity contribution is 6.02. The molecule has 2 N–H and O–H groups in total. The van der Waals surface area contributed by atoms with E-state index in [4.69, 9.17) is 4.74 Å². The lowest BCUT2D eigenvalue weighted by atomic mass is 10.0.